The number of amides is 2. The van der Waals surface area contributed by atoms with Crippen molar-refractivity contribution < 1.29 is 9.59 Å². The maximum atomic E-state index is 12.4. The Morgan fingerprint density at radius 3 is 2.44 bits per heavy atom. The van der Waals surface area contributed by atoms with Crippen molar-refractivity contribution in [1.29, 1.82) is 0 Å². The molecule has 3 nitrogen and oxygen atoms in total. The van der Waals surface area contributed by atoms with Crippen molar-refractivity contribution in [2.75, 3.05) is 6.54 Å². The number of unbranched alkanes of at least 4 members (excludes halogenated alkanes) is 1. The Hall–Kier alpha value is -0.903. The van der Waals surface area contributed by atoms with Crippen molar-refractivity contribution >= 4 is 19.9 Å². The van der Waals surface area contributed by atoms with Gasteiger partial charge in [0.2, 0.25) is 5.91 Å². The Bertz CT molecular complexity index is 368. The number of nitrogens with zero attached hydrogens (tertiary/aromatic N) is 1. The molecule has 0 aromatic carbocycles. The normalized spacial score (nSPS) is 23.9. The fourth-order valence-corrected chi connectivity index (χ4v) is 3.52. The fourth-order valence-electron chi connectivity index (χ4n) is 2.17. The predicted molar refractivity (Wildman–Crippen MR) is 76.8 cm³/mol. The standard InChI is InChI=1S/C14H25NO2Si/c1-6-7-8-15-13(16)9-11(2)12(14(15)17)10-18(3,4)5/h10-11H,6-9H2,1-5H3/b12-10+. The van der Waals surface area contributed by atoms with Gasteiger partial charge in [0.15, 0.2) is 0 Å². The van der Waals surface area contributed by atoms with E-state index in [1.165, 1.54) is 4.90 Å². The van der Waals surface area contributed by atoms with E-state index in [4.69, 9.17) is 0 Å². The quantitative estimate of drug-likeness (QED) is 0.446. The zero-order valence-corrected chi connectivity index (χ0v) is 13.2. The van der Waals surface area contributed by atoms with Crippen LogP contribution >= 0.6 is 0 Å². The topological polar surface area (TPSA) is 37.4 Å². The summed E-state index contributed by atoms with van der Waals surface area (Å²) in [5, 5.41) is 0. The van der Waals surface area contributed by atoms with E-state index >= 15 is 0 Å². The van der Waals surface area contributed by atoms with Gasteiger partial charge in [0.1, 0.15) is 0 Å². The lowest BCUT2D eigenvalue weighted by atomic mass is 9.93. The van der Waals surface area contributed by atoms with Gasteiger partial charge in [-0.05, 0) is 12.3 Å². The summed E-state index contributed by atoms with van der Waals surface area (Å²) >= 11 is 0. The second kappa shape index (κ2) is 5.82. The summed E-state index contributed by atoms with van der Waals surface area (Å²) in [6.45, 7) is 11.3. The minimum absolute atomic E-state index is 0.00586. The first-order chi connectivity index (χ1) is 8.26. The first-order valence-corrected chi connectivity index (χ1v) is 10.4. The monoisotopic (exact) mass is 267 g/mol. The number of piperidine rings is 1. The number of likely N-dealkylation sites (tertiary alicyclic amines) is 1. The molecule has 1 aliphatic heterocycles. The number of imide groups is 1. The lowest BCUT2D eigenvalue weighted by molar-refractivity contribution is -0.145. The fraction of sp³-hybridized carbons (Fsp3) is 0.714. The third kappa shape index (κ3) is 3.80. The van der Waals surface area contributed by atoms with Gasteiger partial charge in [0.05, 0.1) is 8.07 Å². The van der Waals surface area contributed by atoms with Crippen LogP contribution < -0.4 is 0 Å². The van der Waals surface area contributed by atoms with E-state index < -0.39 is 8.07 Å². The van der Waals surface area contributed by atoms with Gasteiger partial charge in [0.25, 0.3) is 5.91 Å². The Balaban J connectivity index is 2.96. The van der Waals surface area contributed by atoms with Crippen LogP contribution in [0, 0.1) is 5.92 Å². The molecule has 102 valence electrons. The number of hydrogen-bond donors (Lipinski definition) is 0. The highest BCUT2D eigenvalue weighted by Gasteiger charge is 2.35. The second-order valence-electron chi connectivity index (χ2n) is 6.27. The molecule has 0 radical (unpaired) electrons. The molecule has 2 amide bonds. The third-order valence-corrected chi connectivity index (χ3v) is 4.31. The van der Waals surface area contributed by atoms with Crippen LogP contribution in [0.4, 0.5) is 0 Å². The molecule has 0 saturated carbocycles. The van der Waals surface area contributed by atoms with Gasteiger partial charge >= 0.3 is 0 Å². The summed E-state index contributed by atoms with van der Waals surface area (Å²) in [6.07, 6.45) is 2.37. The van der Waals surface area contributed by atoms with Gasteiger partial charge in [0, 0.05) is 18.5 Å². The zero-order valence-electron chi connectivity index (χ0n) is 12.2. The third-order valence-electron chi connectivity index (χ3n) is 3.13. The van der Waals surface area contributed by atoms with Gasteiger partial charge in [-0.3, -0.25) is 14.5 Å². The van der Waals surface area contributed by atoms with E-state index in [9.17, 15) is 9.59 Å². The Kier molecular flexibility index (Phi) is 4.90. The van der Waals surface area contributed by atoms with Crippen LogP contribution in [0.1, 0.15) is 33.1 Å². The maximum absolute atomic E-state index is 12.4. The molecule has 1 saturated heterocycles. The van der Waals surface area contributed by atoms with Gasteiger partial charge in [-0.2, -0.15) is 0 Å². The van der Waals surface area contributed by atoms with Gasteiger partial charge in [-0.1, -0.05) is 45.6 Å². The molecule has 4 heteroatoms. The molecule has 0 N–H and O–H groups in total. The van der Waals surface area contributed by atoms with E-state index in [0.717, 1.165) is 18.4 Å². The van der Waals surface area contributed by atoms with Crippen LogP contribution in [0.3, 0.4) is 0 Å². The highest BCUT2D eigenvalue weighted by atomic mass is 28.3. The SMILES string of the molecule is CCCCN1C(=O)CC(C)/C(=C\[Si](C)(C)C)C1=O. The summed E-state index contributed by atoms with van der Waals surface area (Å²) in [5.41, 5.74) is 3.02. The van der Waals surface area contributed by atoms with Crippen LogP contribution in [0.25, 0.3) is 0 Å². The number of hydrogen-bond acceptors (Lipinski definition) is 2. The highest BCUT2D eigenvalue weighted by molar-refractivity contribution is 6.81. The smallest absolute Gasteiger partial charge is 0.255 e. The summed E-state index contributed by atoms with van der Waals surface area (Å²) in [4.78, 5) is 25.8. The molecule has 1 atom stereocenters. The second-order valence-corrected chi connectivity index (χ2v) is 11.3. The van der Waals surface area contributed by atoms with Crippen molar-refractivity contribution in [3.63, 3.8) is 0 Å². The minimum Gasteiger partial charge on any atom is -0.279 e. The van der Waals surface area contributed by atoms with Gasteiger partial charge in [-0.15, -0.1) is 0 Å². The van der Waals surface area contributed by atoms with Crippen molar-refractivity contribution in [2.24, 2.45) is 5.92 Å². The van der Waals surface area contributed by atoms with E-state index in [2.05, 4.69) is 32.3 Å². The Labute approximate surface area is 111 Å². The molecule has 0 aromatic rings. The lowest BCUT2D eigenvalue weighted by Gasteiger charge is -2.31. The van der Waals surface area contributed by atoms with Gasteiger partial charge in [-0.25, -0.2) is 0 Å². The molecular weight excluding hydrogens is 242 g/mol. The summed E-state index contributed by atoms with van der Waals surface area (Å²) in [7, 11) is -1.43. The van der Waals surface area contributed by atoms with E-state index in [0.29, 0.717) is 13.0 Å². The molecule has 0 spiro atoms. The number of carbonyl (C=O) groups is 2. The lowest BCUT2D eigenvalue weighted by Crippen LogP contribution is -2.45. The largest absolute Gasteiger partial charge is 0.279 e. The summed E-state index contributed by atoms with van der Waals surface area (Å²) < 4.78 is 0. The first kappa shape index (κ1) is 15.2. The molecule has 1 unspecified atom stereocenters. The van der Waals surface area contributed by atoms with E-state index in [1.807, 2.05) is 6.92 Å². The molecule has 18 heavy (non-hydrogen) atoms. The van der Waals surface area contributed by atoms with Gasteiger partial charge < -0.3 is 0 Å². The van der Waals surface area contributed by atoms with Crippen LogP contribution in [0.5, 0.6) is 0 Å². The zero-order chi connectivity index (χ0) is 13.9. The van der Waals surface area contributed by atoms with Crippen LogP contribution in [-0.4, -0.2) is 31.3 Å². The van der Waals surface area contributed by atoms with E-state index in [-0.39, 0.29) is 17.7 Å². The summed E-state index contributed by atoms with van der Waals surface area (Å²) in [6, 6.07) is 0. The van der Waals surface area contributed by atoms with Crippen molar-refractivity contribution in [3.8, 4) is 0 Å². The molecule has 1 rings (SSSR count). The van der Waals surface area contributed by atoms with Crippen LogP contribution in [-0.2, 0) is 9.59 Å². The molecule has 1 aliphatic rings. The predicted octanol–water partition coefficient (Wildman–Crippen LogP) is 2.99. The molecule has 1 fully saturated rings. The Morgan fingerprint density at radius 2 is 1.94 bits per heavy atom. The molecule has 0 bridgehead atoms. The van der Waals surface area contributed by atoms with E-state index in [1.54, 1.807) is 0 Å². The highest BCUT2D eigenvalue weighted by Crippen LogP contribution is 2.26. The molecule has 1 heterocycles. The first-order valence-electron chi connectivity index (χ1n) is 6.83. The average Bonchev–Trinajstić information content (AvgIpc) is 2.23. The van der Waals surface area contributed by atoms with Crippen LogP contribution in [0.2, 0.25) is 19.6 Å². The average molecular weight is 267 g/mol. The van der Waals surface area contributed by atoms with Crippen LogP contribution in [0.15, 0.2) is 11.3 Å². The Morgan fingerprint density at radius 1 is 1.33 bits per heavy atom. The van der Waals surface area contributed by atoms with Crippen molar-refractivity contribution in [3.05, 3.63) is 11.3 Å². The maximum Gasteiger partial charge on any atom is 0.255 e. The summed E-state index contributed by atoms with van der Waals surface area (Å²) in [5.74, 6) is 0.0258. The molecule has 0 aromatic heterocycles. The van der Waals surface area contributed by atoms with Crippen molar-refractivity contribution in [2.45, 2.75) is 52.8 Å². The van der Waals surface area contributed by atoms with Crippen molar-refractivity contribution in [1.82, 2.24) is 4.90 Å². The number of carbonyl (C=O) groups excluding carboxylic acids is 2. The minimum atomic E-state index is -1.43. The molecular formula is C14H25NO2Si. The number of rotatable bonds is 4. The molecule has 0 aliphatic carbocycles.